The maximum Gasteiger partial charge on any atom is 0.133 e. The van der Waals surface area contributed by atoms with E-state index in [-0.39, 0.29) is 0 Å². The minimum Gasteiger partial charge on any atom is -0.356 e. The van der Waals surface area contributed by atoms with Crippen molar-refractivity contribution in [3.05, 3.63) is 47.2 Å². The summed E-state index contributed by atoms with van der Waals surface area (Å²) in [6.07, 6.45) is 2.96. The molecule has 1 saturated heterocycles. The summed E-state index contributed by atoms with van der Waals surface area (Å²) in [5.41, 5.74) is 3.34. The molecule has 0 amide bonds. The van der Waals surface area contributed by atoms with Gasteiger partial charge in [-0.1, -0.05) is 6.07 Å². The second-order valence-corrected chi connectivity index (χ2v) is 5.58. The summed E-state index contributed by atoms with van der Waals surface area (Å²) in [5, 5.41) is 0. The zero-order chi connectivity index (χ0) is 14.1. The van der Waals surface area contributed by atoms with Crippen LogP contribution in [0.25, 0.3) is 0 Å². The van der Waals surface area contributed by atoms with Gasteiger partial charge in [0, 0.05) is 36.6 Å². The van der Waals surface area contributed by atoms with Gasteiger partial charge in [-0.25, -0.2) is 15.0 Å². The maximum atomic E-state index is 4.61. The summed E-state index contributed by atoms with van der Waals surface area (Å²) >= 11 is 0. The Morgan fingerprint density at radius 1 is 1.15 bits per heavy atom. The predicted molar refractivity (Wildman–Crippen MR) is 80.1 cm³/mol. The van der Waals surface area contributed by atoms with Crippen molar-refractivity contribution in [3.8, 4) is 0 Å². The van der Waals surface area contributed by atoms with Gasteiger partial charge in [0.05, 0.1) is 0 Å². The van der Waals surface area contributed by atoms with Crippen LogP contribution in [0, 0.1) is 20.8 Å². The van der Waals surface area contributed by atoms with Crippen LogP contribution in [0.1, 0.15) is 35.1 Å². The Kier molecular flexibility index (Phi) is 3.38. The number of pyridine rings is 1. The highest BCUT2D eigenvalue weighted by molar-refractivity contribution is 5.47. The summed E-state index contributed by atoms with van der Waals surface area (Å²) in [4.78, 5) is 16.1. The third-order valence-electron chi connectivity index (χ3n) is 3.83. The number of hydrogen-bond acceptors (Lipinski definition) is 4. The monoisotopic (exact) mass is 268 g/mol. The molecule has 2 aromatic heterocycles. The van der Waals surface area contributed by atoms with E-state index in [1.165, 1.54) is 5.56 Å². The molecular weight excluding hydrogens is 248 g/mol. The lowest BCUT2D eigenvalue weighted by atomic mass is 10.1. The summed E-state index contributed by atoms with van der Waals surface area (Å²) in [6.45, 7) is 8.17. The molecule has 0 radical (unpaired) electrons. The van der Waals surface area contributed by atoms with E-state index < -0.39 is 0 Å². The number of anilines is 1. The molecule has 0 bridgehead atoms. The van der Waals surface area contributed by atoms with E-state index in [2.05, 4.69) is 32.8 Å². The standard InChI is InChI=1S/C16H20N4/c1-11-5-4-7-17-16(11)20-8-6-14(10-20)15-18-12(2)9-13(3)19-15/h4-5,7,9,14H,6,8,10H2,1-3H3/t14-/m1/s1. The molecule has 0 aromatic carbocycles. The van der Waals surface area contributed by atoms with Gasteiger partial charge in [-0.2, -0.15) is 0 Å². The van der Waals surface area contributed by atoms with E-state index in [4.69, 9.17) is 0 Å². The van der Waals surface area contributed by atoms with Gasteiger partial charge in [0.25, 0.3) is 0 Å². The summed E-state index contributed by atoms with van der Waals surface area (Å²) in [6, 6.07) is 6.13. The molecule has 2 aromatic rings. The molecule has 0 unspecified atom stereocenters. The SMILES string of the molecule is Cc1cc(C)nc([C@@H]2CCN(c3ncccc3C)C2)n1. The average Bonchev–Trinajstić information content (AvgIpc) is 2.87. The molecule has 3 rings (SSSR count). The van der Waals surface area contributed by atoms with Crippen LogP contribution in [0.2, 0.25) is 0 Å². The van der Waals surface area contributed by atoms with E-state index in [1.807, 2.05) is 32.2 Å². The predicted octanol–water partition coefficient (Wildman–Crippen LogP) is 2.79. The molecule has 3 heterocycles. The first kappa shape index (κ1) is 13.0. The minimum atomic E-state index is 0.412. The van der Waals surface area contributed by atoms with Crippen LogP contribution in [-0.4, -0.2) is 28.0 Å². The summed E-state index contributed by atoms with van der Waals surface area (Å²) < 4.78 is 0. The third-order valence-corrected chi connectivity index (χ3v) is 3.83. The zero-order valence-corrected chi connectivity index (χ0v) is 12.3. The van der Waals surface area contributed by atoms with Crippen LogP contribution in [0.3, 0.4) is 0 Å². The number of nitrogens with zero attached hydrogens (tertiary/aromatic N) is 4. The molecule has 0 aliphatic carbocycles. The summed E-state index contributed by atoms with van der Waals surface area (Å²) in [5.74, 6) is 2.49. The van der Waals surface area contributed by atoms with Gasteiger partial charge in [-0.15, -0.1) is 0 Å². The highest BCUT2D eigenvalue weighted by Gasteiger charge is 2.27. The molecule has 0 spiro atoms. The molecule has 1 fully saturated rings. The van der Waals surface area contributed by atoms with Gasteiger partial charge in [0.2, 0.25) is 0 Å². The van der Waals surface area contributed by atoms with Crippen molar-refractivity contribution in [1.29, 1.82) is 0 Å². The van der Waals surface area contributed by atoms with E-state index in [0.717, 1.165) is 42.5 Å². The smallest absolute Gasteiger partial charge is 0.133 e. The second kappa shape index (κ2) is 5.19. The van der Waals surface area contributed by atoms with Gasteiger partial charge >= 0.3 is 0 Å². The van der Waals surface area contributed by atoms with Crippen molar-refractivity contribution in [3.63, 3.8) is 0 Å². The number of aromatic nitrogens is 3. The van der Waals surface area contributed by atoms with Crippen molar-refractivity contribution in [1.82, 2.24) is 15.0 Å². The van der Waals surface area contributed by atoms with Crippen LogP contribution < -0.4 is 4.90 Å². The molecule has 4 nitrogen and oxygen atoms in total. The van der Waals surface area contributed by atoms with Crippen molar-refractivity contribution >= 4 is 5.82 Å². The van der Waals surface area contributed by atoms with Gasteiger partial charge < -0.3 is 4.90 Å². The van der Waals surface area contributed by atoms with Crippen molar-refractivity contribution in [2.45, 2.75) is 33.1 Å². The molecule has 104 valence electrons. The Morgan fingerprint density at radius 2 is 1.90 bits per heavy atom. The number of rotatable bonds is 2. The highest BCUT2D eigenvalue weighted by Crippen LogP contribution is 2.29. The Morgan fingerprint density at radius 3 is 2.60 bits per heavy atom. The van der Waals surface area contributed by atoms with Crippen molar-refractivity contribution < 1.29 is 0 Å². The van der Waals surface area contributed by atoms with E-state index in [1.54, 1.807) is 0 Å². The lowest BCUT2D eigenvalue weighted by Crippen LogP contribution is -2.21. The van der Waals surface area contributed by atoms with Gasteiger partial charge in [-0.05, 0) is 44.9 Å². The molecular formula is C16H20N4. The summed E-state index contributed by atoms with van der Waals surface area (Å²) in [7, 11) is 0. The Labute approximate surface area is 119 Å². The third kappa shape index (κ3) is 2.50. The first-order valence-electron chi connectivity index (χ1n) is 7.12. The molecule has 0 saturated carbocycles. The van der Waals surface area contributed by atoms with Gasteiger partial charge in [0.15, 0.2) is 0 Å². The molecule has 1 aliphatic rings. The molecule has 4 heteroatoms. The lowest BCUT2D eigenvalue weighted by Gasteiger charge is -2.19. The van der Waals surface area contributed by atoms with Gasteiger partial charge in [0.1, 0.15) is 11.6 Å². The lowest BCUT2D eigenvalue weighted by molar-refractivity contribution is 0.698. The molecule has 1 aliphatic heterocycles. The minimum absolute atomic E-state index is 0.412. The normalized spacial score (nSPS) is 18.6. The number of aryl methyl sites for hydroxylation is 3. The first-order valence-corrected chi connectivity index (χ1v) is 7.12. The average molecular weight is 268 g/mol. The fourth-order valence-corrected chi connectivity index (χ4v) is 2.91. The quantitative estimate of drug-likeness (QED) is 0.840. The van der Waals surface area contributed by atoms with Crippen LogP contribution >= 0.6 is 0 Å². The molecule has 20 heavy (non-hydrogen) atoms. The van der Waals surface area contributed by atoms with Crippen LogP contribution in [0.5, 0.6) is 0 Å². The van der Waals surface area contributed by atoms with E-state index >= 15 is 0 Å². The number of hydrogen-bond donors (Lipinski definition) is 0. The van der Waals surface area contributed by atoms with Crippen molar-refractivity contribution in [2.24, 2.45) is 0 Å². The fraction of sp³-hybridized carbons (Fsp3) is 0.438. The van der Waals surface area contributed by atoms with E-state index in [0.29, 0.717) is 5.92 Å². The Balaban J connectivity index is 1.81. The Hall–Kier alpha value is -1.97. The topological polar surface area (TPSA) is 41.9 Å². The zero-order valence-electron chi connectivity index (χ0n) is 12.3. The van der Waals surface area contributed by atoms with Crippen molar-refractivity contribution in [2.75, 3.05) is 18.0 Å². The first-order chi connectivity index (χ1) is 9.63. The van der Waals surface area contributed by atoms with E-state index in [9.17, 15) is 0 Å². The molecule has 1 atom stereocenters. The molecule has 0 N–H and O–H groups in total. The van der Waals surface area contributed by atoms with Gasteiger partial charge in [-0.3, -0.25) is 0 Å². The Bertz CT molecular complexity index is 603. The fourth-order valence-electron chi connectivity index (χ4n) is 2.91. The van der Waals surface area contributed by atoms with Crippen LogP contribution in [0.15, 0.2) is 24.4 Å². The van der Waals surface area contributed by atoms with Crippen LogP contribution in [0.4, 0.5) is 5.82 Å². The second-order valence-electron chi connectivity index (χ2n) is 5.58. The highest BCUT2D eigenvalue weighted by atomic mass is 15.2. The maximum absolute atomic E-state index is 4.61. The van der Waals surface area contributed by atoms with Crippen LogP contribution in [-0.2, 0) is 0 Å². The largest absolute Gasteiger partial charge is 0.356 e.